The van der Waals surface area contributed by atoms with Crippen LogP contribution in [0.15, 0.2) is 54.2 Å². The van der Waals surface area contributed by atoms with Crippen LogP contribution in [0.3, 0.4) is 0 Å². The first-order valence-corrected chi connectivity index (χ1v) is 8.34. The van der Waals surface area contributed by atoms with Gasteiger partial charge in [-0.05, 0) is 41.0 Å². The molecule has 98 valence electrons. The van der Waals surface area contributed by atoms with E-state index in [1.807, 2.05) is 0 Å². The summed E-state index contributed by atoms with van der Waals surface area (Å²) in [6.45, 7) is 0. The molecule has 2 rings (SSSR count). The summed E-state index contributed by atoms with van der Waals surface area (Å²) in [5.41, 5.74) is 5.60. The van der Waals surface area contributed by atoms with Gasteiger partial charge in [-0.1, -0.05) is 30.0 Å². The van der Waals surface area contributed by atoms with Crippen LogP contribution in [0, 0.1) is 11.6 Å². The van der Waals surface area contributed by atoms with Crippen LogP contribution in [0.25, 0.3) is 5.57 Å². The molecule has 0 unspecified atom stereocenters. The molecule has 2 aromatic carbocycles. The first-order valence-electron chi connectivity index (χ1n) is 5.98. The van der Waals surface area contributed by atoms with E-state index in [0.717, 1.165) is 16.7 Å². The number of rotatable bonds is 4. The maximum atomic E-state index is 13.0. The van der Waals surface area contributed by atoms with Crippen molar-refractivity contribution >= 4 is 26.7 Å². The highest BCUT2D eigenvalue weighted by Crippen LogP contribution is 2.23. The molecule has 0 spiro atoms. The summed E-state index contributed by atoms with van der Waals surface area (Å²) in [5.74, 6) is -0.534. The Hall–Kier alpha value is -1.45. The van der Waals surface area contributed by atoms with E-state index < -0.39 is 9.52 Å². The number of halogens is 3. The minimum absolute atomic E-state index is 0.267. The van der Waals surface area contributed by atoms with Gasteiger partial charge in [0.1, 0.15) is 11.6 Å². The number of benzene rings is 2. The van der Waals surface area contributed by atoms with Crippen molar-refractivity contribution in [2.45, 2.75) is 0 Å². The van der Waals surface area contributed by atoms with Crippen LogP contribution in [-0.4, -0.2) is 15.0 Å². The predicted molar refractivity (Wildman–Crippen MR) is 79.1 cm³/mol. The van der Waals surface area contributed by atoms with E-state index in [0.29, 0.717) is 5.50 Å². The Labute approximate surface area is 118 Å². The molecule has 0 aliphatic heterocycles. The zero-order valence-corrected chi connectivity index (χ0v) is 12.4. The first-order chi connectivity index (χ1) is 9.20. The smallest absolute Gasteiger partial charge is 0.123 e. The van der Waals surface area contributed by atoms with E-state index in [1.165, 1.54) is 24.3 Å². The highest BCUT2D eigenvalue weighted by molar-refractivity contribution is 6.55. The van der Waals surface area contributed by atoms with E-state index >= 15 is 0 Å². The molecule has 0 aliphatic rings. The van der Waals surface area contributed by atoms with Gasteiger partial charge >= 0.3 is 0 Å². The third kappa shape index (κ3) is 3.75. The maximum absolute atomic E-state index is 13.0. The molecule has 0 fully saturated rings. The van der Waals surface area contributed by atoms with Crippen LogP contribution < -0.4 is 0 Å². The fourth-order valence-electron chi connectivity index (χ4n) is 1.86. The summed E-state index contributed by atoms with van der Waals surface area (Å²) >= 11 is 5.77. The van der Waals surface area contributed by atoms with Gasteiger partial charge in [0.25, 0.3) is 0 Å². The standard InChI is InChI=1S/C15H13ClF2Si/c16-10-19-9-15(11-1-5-13(17)6-2-11)12-3-7-14(18)8-4-12/h1-9H,10,19H2. The largest absolute Gasteiger partial charge is 0.207 e. The summed E-state index contributed by atoms with van der Waals surface area (Å²) in [6.07, 6.45) is 0. The average molecular weight is 295 g/mol. The highest BCUT2D eigenvalue weighted by Gasteiger charge is 2.05. The monoisotopic (exact) mass is 294 g/mol. The summed E-state index contributed by atoms with van der Waals surface area (Å²) in [5, 5.41) is 0. The second-order valence-electron chi connectivity index (χ2n) is 4.11. The van der Waals surface area contributed by atoms with Gasteiger partial charge in [-0.15, -0.1) is 11.6 Å². The van der Waals surface area contributed by atoms with Crippen LogP contribution in [-0.2, 0) is 0 Å². The van der Waals surface area contributed by atoms with Gasteiger partial charge in [0.05, 0.1) is 9.52 Å². The zero-order valence-electron chi connectivity index (χ0n) is 10.2. The molecule has 0 saturated heterocycles. The normalized spacial score (nSPS) is 10.9. The van der Waals surface area contributed by atoms with Crippen LogP contribution in [0.5, 0.6) is 0 Å². The Bertz CT molecular complexity index is 514. The van der Waals surface area contributed by atoms with E-state index in [1.54, 1.807) is 24.3 Å². The predicted octanol–water partition coefficient (Wildman–Crippen LogP) is 3.72. The lowest BCUT2D eigenvalue weighted by atomic mass is 10.00. The summed E-state index contributed by atoms with van der Waals surface area (Å²) in [4.78, 5) is 0. The maximum Gasteiger partial charge on any atom is 0.123 e. The highest BCUT2D eigenvalue weighted by atomic mass is 35.5. The van der Waals surface area contributed by atoms with Gasteiger partial charge in [-0.25, -0.2) is 8.78 Å². The topological polar surface area (TPSA) is 0 Å². The third-order valence-electron chi connectivity index (χ3n) is 2.77. The Morgan fingerprint density at radius 3 is 1.68 bits per heavy atom. The van der Waals surface area contributed by atoms with Gasteiger partial charge in [-0.3, -0.25) is 0 Å². The van der Waals surface area contributed by atoms with Crippen LogP contribution in [0.2, 0.25) is 0 Å². The molecule has 0 amide bonds. The first kappa shape index (κ1) is 14.0. The lowest BCUT2D eigenvalue weighted by molar-refractivity contribution is 0.627. The lowest BCUT2D eigenvalue weighted by Crippen LogP contribution is -1.94. The zero-order chi connectivity index (χ0) is 13.7. The SMILES string of the molecule is Fc1ccc(C(=C[SiH2]CCl)c2ccc(F)cc2)cc1. The molecule has 4 heteroatoms. The fourth-order valence-corrected chi connectivity index (χ4v) is 3.06. The Morgan fingerprint density at radius 2 is 1.32 bits per heavy atom. The van der Waals surface area contributed by atoms with E-state index in [9.17, 15) is 8.78 Å². The van der Waals surface area contributed by atoms with Gasteiger partial charge in [0.15, 0.2) is 0 Å². The molecular formula is C15H13ClF2Si. The third-order valence-corrected chi connectivity index (χ3v) is 4.34. The number of hydrogen-bond donors (Lipinski definition) is 0. The van der Waals surface area contributed by atoms with E-state index in [4.69, 9.17) is 11.6 Å². The molecule has 0 atom stereocenters. The molecule has 0 radical (unpaired) electrons. The van der Waals surface area contributed by atoms with Crippen molar-refractivity contribution in [3.05, 3.63) is 77.0 Å². The van der Waals surface area contributed by atoms with E-state index in [-0.39, 0.29) is 11.6 Å². The van der Waals surface area contributed by atoms with Gasteiger partial charge in [0, 0.05) is 5.50 Å². The van der Waals surface area contributed by atoms with Crippen molar-refractivity contribution in [1.29, 1.82) is 0 Å². The Kier molecular flexibility index (Phi) is 4.88. The number of alkyl halides is 1. The molecule has 0 heterocycles. The number of hydrogen-bond acceptors (Lipinski definition) is 0. The summed E-state index contributed by atoms with van der Waals surface area (Å²) in [7, 11) is -0.517. The van der Waals surface area contributed by atoms with Crippen molar-refractivity contribution < 1.29 is 8.78 Å². The van der Waals surface area contributed by atoms with Crippen molar-refractivity contribution in [2.75, 3.05) is 5.50 Å². The van der Waals surface area contributed by atoms with Gasteiger partial charge in [-0.2, -0.15) is 0 Å². The van der Waals surface area contributed by atoms with Gasteiger partial charge < -0.3 is 0 Å². The summed E-state index contributed by atoms with van der Waals surface area (Å²) < 4.78 is 26.0. The second kappa shape index (κ2) is 6.64. The van der Waals surface area contributed by atoms with Crippen molar-refractivity contribution in [1.82, 2.24) is 0 Å². The average Bonchev–Trinajstić information content (AvgIpc) is 2.43. The molecule has 0 aliphatic carbocycles. The Morgan fingerprint density at radius 1 is 0.895 bits per heavy atom. The second-order valence-corrected chi connectivity index (χ2v) is 6.61. The quantitative estimate of drug-likeness (QED) is 0.595. The fraction of sp³-hybridized carbons (Fsp3) is 0.0667. The van der Waals surface area contributed by atoms with Crippen molar-refractivity contribution in [3.8, 4) is 0 Å². The van der Waals surface area contributed by atoms with Crippen molar-refractivity contribution in [2.24, 2.45) is 0 Å². The minimum atomic E-state index is -0.517. The molecule has 0 aromatic heterocycles. The lowest BCUT2D eigenvalue weighted by Gasteiger charge is -2.08. The summed E-state index contributed by atoms with van der Waals surface area (Å²) in [6, 6.07) is 12.6. The van der Waals surface area contributed by atoms with Crippen LogP contribution in [0.4, 0.5) is 8.78 Å². The van der Waals surface area contributed by atoms with Crippen LogP contribution >= 0.6 is 11.6 Å². The molecule has 2 aromatic rings. The molecule has 19 heavy (non-hydrogen) atoms. The van der Waals surface area contributed by atoms with Gasteiger partial charge in [0.2, 0.25) is 0 Å². The minimum Gasteiger partial charge on any atom is -0.207 e. The molecule has 0 N–H and O–H groups in total. The van der Waals surface area contributed by atoms with E-state index in [2.05, 4.69) is 5.70 Å². The van der Waals surface area contributed by atoms with Crippen molar-refractivity contribution in [3.63, 3.8) is 0 Å². The Balaban J connectivity index is 2.41. The molecular weight excluding hydrogens is 282 g/mol. The molecule has 0 nitrogen and oxygen atoms in total. The van der Waals surface area contributed by atoms with Crippen LogP contribution in [0.1, 0.15) is 11.1 Å². The molecule has 0 bridgehead atoms. The molecule has 0 saturated carbocycles.